The minimum Gasteiger partial charge on any atom is -0.477 e. The van der Waals surface area contributed by atoms with Crippen LogP contribution in [-0.4, -0.2) is 9.66 Å². The van der Waals surface area contributed by atoms with Gasteiger partial charge in [-0.1, -0.05) is 6.92 Å². The van der Waals surface area contributed by atoms with Crippen LogP contribution in [-0.2, 0) is 4.74 Å². The molecular weight excluding hydrogens is 223 g/mol. The van der Waals surface area contributed by atoms with Crippen LogP contribution in [0.25, 0.3) is 0 Å². The molecule has 3 heteroatoms. The fraction of sp³-hybridized carbons (Fsp3) is 0.750. The molecular formula is C4H7IOS. The molecule has 0 aromatic heterocycles. The molecule has 0 aliphatic carbocycles. The van der Waals surface area contributed by atoms with Gasteiger partial charge in [0.05, 0.1) is 0 Å². The van der Waals surface area contributed by atoms with Crippen LogP contribution in [0.2, 0.25) is 0 Å². The Bertz CT molecular complexity index is 64.7. The maximum atomic E-state index is 4.91. The Morgan fingerprint density at radius 1 is 1.86 bits per heavy atom. The maximum Gasteiger partial charge on any atom is 0.160 e. The zero-order valence-electron chi connectivity index (χ0n) is 4.11. The van der Waals surface area contributed by atoms with E-state index in [-0.39, 0.29) is 0 Å². The maximum absolute atomic E-state index is 4.91. The largest absolute Gasteiger partial charge is 0.477 e. The average Bonchev–Trinajstić information content (AvgIpc) is 1.68. The minimum atomic E-state index is 0.671. The van der Waals surface area contributed by atoms with Crippen LogP contribution in [0.1, 0.15) is 13.3 Å². The number of thiocarbonyl (C=S) groups is 1. The van der Waals surface area contributed by atoms with Crippen LogP contribution >= 0.6 is 34.8 Å². The number of hydrogen-bond donors (Lipinski definition) is 0. The van der Waals surface area contributed by atoms with Gasteiger partial charge in [0.2, 0.25) is 0 Å². The summed E-state index contributed by atoms with van der Waals surface area (Å²) in [5.41, 5.74) is 0. The molecule has 0 radical (unpaired) electrons. The quantitative estimate of drug-likeness (QED) is 0.408. The monoisotopic (exact) mass is 230 g/mol. The first kappa shape index (κ1) is 7.62. The zero-order chi connectivity index (χ0) is 5.70. The van der Waals surface area contributed by atoms with Crippen LogP contribution in [0.3, 0.4) is 0 Å². The summed E-state index contributed by atoms with van der Waals surface area (Å²) >= 11 is 6.84. The molecule has 0 aromatic rings. The number of halogens is 1. The molecule has 42 valence electrons. The normalized spacial score (nSPS) is 8.29. The third-order valence-electron chi connectivity index (χ3n) is 0.504. The molecule has 0 saturated heterocycles. The van der Waals surface area contributed by atoms with Gasteiger partial charge in [-0.3, -0.25) is 0 Å². The van der Waals surface area contributed by atoms with Gasteiger partial charge in [-0.25, -0.2) is 0 Å². The first-order valence-electron chi connectivity index (χ1n) is 2.02. The van der Waals surface area contributed by atoms with Crippen molar-refractivity contribution in [2.45, 2.75) is 13.3 Å². The van der Waals surface area contributed by atoms with Crippen LogP contribution in [0.5, 0.6) is 0 Å². The average molecular weight is 230 g/mol. The highest BCUT2D eigenvalue weighted by Gasteiger charge is 1.86. The smallest absolute Gasteiger partial charge is 0.160 e. The lowest BCUT2D eigenvalue weighted by Crippen LogP contribution is -1.95. The van der Waals surface area contributed by atoms with E-state index in [2.05, 4.69) is 22.6 Å². The first-order chi connectivity index (χ1) is 3.31. The molecule has 1 nitrogen and oxygen atoms in total. The Hall–Kier alpha value is 0.620. The van der Waals surface area contributed by atoms with Crippen LogP contribution in [0, 0.1) is 0 Å². The van der Waals surface area contributed by atoms with E-state index in [1.54, 1.807) is 0 Å². The summed E-state index contributed by atoms with van der Waals surface area (Å²) in [6.45, 7) is 1.98. The molecule has 7 heavy (non-hydrogen) atoms. The van der Waals surface area contributed by atoms with Crippen molar-refractivity contribution in [1.82, 2.24) is 0 Å². The second-order valence-electron chi connectivity index (χ2n) is 0.979. The minimum absolute atomic E-state index is 0.671. The molecule has 0 aromatic carbocycles. The van der Waals surface area contributed by atoms with Gasteiger partial charge in [0.25, 0.3) is 0 Å². The van der Waals surface area contributed by atoms with Crippen LogP contribution in [0.4, 0.5) is 0 Å². The van der Waals surface area contributed by atoms with Crippen LogP contribution < -0.4 is 0 Å². The SMILES string of the molecule is CCC(=S)OCI. The second kappa shape index (κ2) is 4.77. The summed E-state index contributed by atoms with van der Waals surface area (Å²) < 4.78 is 5.58. The van der Waals surface area contributed by atoms with Gasteiger partial charge in [0, 0.05) is 6.42 Å². The van der Waals surface area contributed by atoms with Gasteiger partial charge < -0.3 is 4.74 Å². The van der Waals surface area contributed by atoms with E-state index in [9.17, 15) is 0 Å². The Morgan fingerprint density at radius 3 is 2.57 bits per heavy atom. The fourth-order valence-corrected chi connectivity index (χ4v) is 0.809. The number of alkyl halides is 1. The third-order valence-corrected chi connectivity index (χ3v) is 1.22. The highest BCUT2D eigenvalue weighted by atomic mass is 127. The van der Waals surface area contributed by atoms with Crippen molar-refractivity contribution in [2.24, 2.45) is 0 Å². The number of rotatable bonds is 2. The first-order valence-corrected chi connectivity index (χ1v) is 3.96. The van der Waals surface area contributed by atoms with E-state index in [0.717, 1.165) is 6.42 Å². The van der Waals surface area contributed by atoms with E-state index < -0.39 is 0 Å². The van der Waals surface area contributed by atoms with Crippen molar-refractivity contribution in [3.8, 4) is 0 Å². The Balaban J connectivity index is 3.00. The highest BCUT2D eigenvalue weighted by molar-refractivity contribution is 14.1. The number of ether oxygens (including phenoxy) is 1. The Labute approximate surface area is 62.6 Å². The molecule has 0 atom stereocenters. The molecule has 0 amide bonds. The lowest BCUT2D eigenvalue weighted by Gasteiger charge is -1.96. The Kier molecular flexibility index (Phi) is 5.19. The van der Waals surface area contributed by atoms with E-state index in [1.165, 1.54) is 0 Å². The zero-order valence-corrected chi connectivity index (χ0v) is 7.08. The lowest BCUT2D eigenvalue weighted by atomic mass is 10.5. The standard InChI is InChI=1S/C4H7IOS/c1-2-4(7)6-3-5/h2-3H2,1H3. The van der Waals surface area contributed by atoms with E-state index in [1.807, 2.05) is 6.92 Å². The van der Waals surface area contributed by atoms with Gasteiger partial charge in [-0.05, 0) is 34.8 Å². The van der Waals surface area contributed by atoms with Crippen molar-refractivity contribution in [3.63, 3.8) is 0 Å². The molecule has 0 bridgehead atoms. The van der Waals surface area contributed by atoms with Gasteiger partial charge in [-0.15, -0.1) is 0 Å². The van der Waals surface area contributed by atoms with Gasteiger partial charge in [0.1, 0.15) is 4.61 Å². The molecule has 0 N–H and O–H groups in total. The predicted octanol–water partition coefficient (Wildman–Crippen LogP) is 2.13. The second-order valence-corrected chi connectivity index (χ2v) is 2.06. The van der Waals surface area contributed by atoms with Crippen molar-refractivity contribution < 1.29 is 4.74 Å². The predicted molar refractivity (Wildman–Crippen MR) is 42.9 cm³/mol. The topological polar surface area (TPSA) is 9.23 Å². The van der Waals surface area contributed by atoms with Crippen molar-refractivity contribution in [2.75, 3.05) is 4.61 Å². The fourth-order valence-electron chi connectivity index (χ4n) is 0.163. The summed E-state index contributed by atoms with van der Waals surface area (Å²) in [5, 5.41) is 0.703. The molecule has 0 heterocycles. The van der Waals surface area contributed by atoms with Crippen molar-refractivity contribution in [1.29, 1.82) is 0 Å². The third kappa shape index (κ3) is 4.47. The molecule has 0 fully saturated rings. The van der Waals surface area contributed by atoms with Crippen molar-refractivity contribution >= 4 is 39.9 Å². The molecule has 0 saturated carbocycles. The van der Waals surface area contributed by atoms with E-state index in [0.29, 0.717) is 9.66 Å². The van der Waals surface area contributed by atoms with Crippen molar-refractivity contribution in [3.05, 3.63) is 0 Å². The summed E-state index contributed by atoms with van der Waals surface area (Å²) in [7, 11) is 0. The van der Waals surface area contributed by atoms with Crippen LogP contribution in [0.15, 0.2) is 0 Å². The summed E-state index contributed by atoms with van der Waals surface area (Å²) in [5.74, 6) is 0. The molecule has 0 aliphatic rings. The van der Waals surface area contributed by atoms with Gasteiger partial charge >= 0.3 is 0 Å². The van der Waals surface area contributed by atoms with E-state index in [4.69, 9.17) is 17.0 Å². The highest BCUT2D eigenvalue weighted by Crippen LogP contribution is 1.90. The molecule has 0 spiro atoms. The molecule has 0 unspecified atom stereocenters. The summed E-state index contributed by atoms with van der Waals surface area (Å²) in [6, 6.07) is 0. The summed E-state index contributed by atoms with van der Waals surface area (Å²) in [6.07, 6.45) is 0.846. The van der Waals surface area contributed by atoms with Gasteiger partial charge in [-0.2, -0.15) is 0 Å². The Morgan fingerprint density at radius 2 is 2.43 bits per heavy atom. The van der Waals surface area contributed by atoms with Gasteiger partial charge in [0.15, 0.2) is 5.05 Å². The lowest BCUT2D eigenvalue weighted by molar-refractivity contribution is 0.394. The van der Waals surface area contributed by atoms with E-state index >= 15 is 0 Å². The summed E-state index contributed by atoms with van der Waals surface area (Å²) in [4.78, 5) is 0. The molecule has 0 aliphatic heterocycles. The number of hydrogen-bond acceptors (Lipinski definition) is 2. The molecule has 0 rings (SSSR count).